The van der Waals surface area contributed by atoms with Gasteiger partial charge in [0.25, 0.3) is 0 Å². The second kappa shape index (κ2) is 9.69. The van der Waals surface area contributed by atoms with Crippen LogP contribution in [-0.2, 0) is 11.0 Å². The van der Waals surface area contributed by atoms with Gasteiger partial charge in [0.15, 0.2) is 0 Å². The molecule has 0 amide bonds. The number of benzene rings is 2. The van der Waals surface area contributed by atoms with Crippen molar-refractivity contribution in [3.8, 4) is 0 Å². The van der Waals surface area contributed by atoms with Crippen molar-refractivity contribution < 1.29 is 4.21 Å². The van der Waals surface area contributed by atoms with Gasteiger partial charge in [-0.1, -0.05) is 103 Å². The molecule has 4 heteroatoms. The quantitative estimate of drug-likeness (QED) is 0.412. The van der Waals surface area contributed by atoms with Crippen molar-refractivity contribution in [1.82, 2.24) is 4.31 Å². The molecule has 0 aliphatic rings. The first-order valence-electron chi connectivity index (χ1n) is 11.6. The van der Waals surface area contributed by atoms with Crippen LogP contribution in [0.25, 0.3) is 0 Å². The molecular weight excluding hydrogens is 429 g/mol. The highest BCUT2D eigenvalue weighted by Crippen LogP contribution is 2.59. The zero-order valence-electron chi connectivity index (χ0n) is 22.3. The summed E-state index contributed by atoms with van der Waals surface area (Å²) >= 11 is 0. The molecule has 0 fully saturated rings. The van der Waals surface area contributed by atoms with Crippen LogP contribution in [0.5, 0.6) is 0 Å². The molecule has 2 aromatic carbocycles. The minimum absolute atomic E-state index is 0.0699. The Kier molecular flexibility index (Phi) is 8.24. The number of nitrogens with zero attached hydrogens (tertiary/aromatic N) is 1. The summed E-state index contributed by atoms with van der Waals surface area (Å²) in [5.74, 6) is 0. The maximum absolute atomic E-state index is 13.6. The molecule has 0 heterocycles. The summed E-state index contributed by atoms with van der Waals surface area (Å²) in [6.45, 7) is 24.7. The van der Waals surface area contributed by atoms with Gasteiger partial charge in [-0.3, -0.25) is 0 Å². The van der Waals surface area contributed by atoms with E-state index in [-0.39, 0.29) is 21.1 Å². The predicted molar refractivity (Wildman–Crippen MR) is 146 cm³/mol. The highest BCUT2D eigenvalue weighted by molar-refractivity contribution is 7.84. The third-order valence-corrected chi connectivity index (χ3v) is 10.9. The van der Waals surface area contributed by atoms with Crippen molar-refractivity contribution in [1.29, 1.82) is 0 Å². The summed E-state index contributed by atoms with van der Waals surface area (Å²) in [4.78, 5) is 0. The monoisotopic (exact) mass is 473 g/mol. The van der Waals surface area contributed by atoms with E-state index in [0.29, 0.717) is 0 Å². The molecule has 0 aliphatic heterocycles. The van der Waals surface area contributed by atoms with Crippen LogP contribution < -0.4 is 5.30 Å². The Morgan fingerprint density at radius 1 is 0.812 bits per heavy atom. The first-order valence-corrected chi connectivity index (χ1v) is 14.0. The van der Waals surface area contributed by atoms with Crippen LogP contribution in [0.4, 0.5) is 0 Å². The molecule has 0 saturated heterocycles. The molecule has 0 saturated carbocycles. The fourth-order valence-corrected chi connectivity index (χ4v) is 10.4. The van der Waals surface area contributed by atoms with E-state index in [2.05, 4.69) is 123 Å². The minimum Gasteiger partial charge on any atom is -0.242 e. The molecule has 0 bridgehead atoms. The van der Waals surface area contributed by atoms with E-state index in [1.54, 1.807) is 0 Å². The molecule has 0 aliphatic carbocycles. The standard InChI is InChI=1S/C28H44NOPS/c1-20-17-21(2)19-22(18-20)25(29(12)32(30)28(9,10)11)23-15-13-14-16-24(23)31(26(3,4)5)27(6,7)8/h13-19,25H,1-12H3/t25-,32-/m1/s1. The lowest BCUT2D eigenvalue weighted by Gasteiger charge is -2.44. The Labute approximate surface area is 201 Å². The number of hydrogen-bond acceptors (Lipinski definition) is 1. The largest absolute Gasteiger partial charge is 0.242 e. The van der Waals surface area contributed by atoms with E-state index in [0.717, 1.165) is 0 Å². The SMILES string of the molecule is Cc1cc(C)cc([C@H](c2ccccc2P(C(C)(C)C)C(C)(C)C)N(C)[S@](=O)C(C)(C)C)c1. The number of aryl methyl sites for hydroxylation is 2. The molecule has 0 aromatic heterocycles. The molecule has 32 heavy (non-hydrogen) atoms. The molecule has 0 spiro atoms. The molecule has 0 radical (unpaired) electrons. The molecule has 2 rings (SSSR count). The number of hydrogen-bond donors (Lipinski definition) is 0. The van der Waals surface area contributed by atoms with E-state index < -0.39 is 18.9 Å². The highest BCUT2D eigenvalue weighted by atomic mass is 32.2. The topological polar surface area (TPSA) is 20.3 Å². The lowest BCUT2D eigenvalue weighted by atomic mass is 9.95. The van der Waals surface area contributed by atoms with E-state index in [9.17, 15) is 4.21 Å². The normalized spacial score (nSPS) is 15.3. The summed E-state index contributed by atoms with van der Waals surface area (Å²) < 4.78 is 15.4. The van der Waals surface area contributed by atoms with Gasteiger partial charge in [0, 0.05) is 7.05 Å². The third-order valence-electron chi connectivity index (χ3n) is 5.52. The van der Waals surface area contributed by atoms with E-state index in [4.69, 9.17) is 0 Å². The van der Waals surface area contributed by atoms with Crippen LogP contribution in [0.1, 0.15) is 90.6 Å². The van der Waals surface area contributed by atoms with Crippen LogP contribution in [0.2, 0.25) is 0 Å². The van der Waals surface area contributed by atoms with Gasteiger partial charge in [-0.25, -0.2) is 8.51 Å². The third kappa shape index (κ3) is 6.31. The van der Waals surface area contributed by atoms with Crippen LogP contribution in [0.3, 0.4) is 0 Å². The lowest BCUT2D eigenvalue weighted by molar-refractivity contribution is 0.441. The van der Waals surface area contributed by atoms with Crippen molar-refractivity contribution in [2.75, 3.05) is 7.05 Å². The van der Waals surface area contributed by atoms with Gasteiger partial charge in [0.1, 0.15) is 11.0 Å². The first-order chi connectivity index (χ1) is 14.4. The number of rotatable bonds is 5. The fraction of sp³-hybridized carbons (Fsp3) is 0.571. The van der Waals surface area contributed by atoms with Crippen LogP contribution in [0, 0.1) is 13.8 Å². The highest BCUT2D eigenvalue weighted by Gasteiger charge is 2.39. The second-order valence-corrected chi connectivity index (χ2v) is 18.1. The van der Waals surface area contributed by atoms with Gasteiger partial charge in [-0.05, 0) is 61.4 Å². The fourth-order valence-electron chi connectivity index (χ4n) is 4.93. The van der Waals surface area contributed by atoms with Crippen molar-refractivity contribution in [2.45, 2.75) is 97.3 Å². The van der Waals surface area contributed by atoms with E-state index >= 15 is 0 Å². The maximum Gasteiger partial charge on any atom is 0.100 e. The zero-order chi connectivity index (χ0) is 24.6. The van der Waals surface area contributed by atoms with Gasteiger partial charge in [0.05, 0.1) is 10.8 Å². The van der Waals surface area contributed by atoms with Gasteiger partial charge in [-0.2, -0.15) is 0 Å². The summed E-state index contributed by atoms with van der Waals surface area (Å²) in [6.07, 6.45) is 0. The molecule has 2 aromatic rings. The Hall–Kier alpha value is -1.02. The van der Waals surface area contributed by atoms with Gasteiger partial charge < -0.3 is 0 Å². The van der Waals surface area contributed by atoms with E-state index in [1.807, 2.05) is 7.05 Å². The first kappa shape index (κ1) is 27.2. The smallest absolute Gasteiger partial charge is 0.100 e. The average Bonchev–Trinajstić information content (AvgIpc) is 2.58. The Balaban J connectivity index is 2.85. The van der Waals surface area contributed by atoms with Crippen LogP contribution in [-0.4, -0.2) is 30.6 Å². The maximum atomic E-state index is 13.6. The van der Waals surface area contributed by atoms with Crippen molar-refractivity contribution in [3.05, 3.63) is 64.7 Å². The molecule has 2 nitrogen and oxygen atoms in total. The lowest BCUT2D eigenvalue weighted by Crippen LogP contribution is -2.40. The zero-order valence-corrected chi connectivity index (χ0v) is 24.0. The van der Waals surface area contributed by atoms with Gasteiger partial charge in [-0.15, -0.1) is 0 Å². The second-order valence-electron chi connectivity index (χ2n) is 12.0. The Morgan fingerprint density at radius 2 is 1.28 bits per heavy atom. The predicted octanol–water partition coefficient (Wildman–Crippen LogP) is 7.49. The summed E-state index contributed by atoms with van der Waals surface area (Å²) in [7, 11) is 0.381. The van der Waals surface area contributed by atoms with E-state index in [1.165, 1.54) is 27.6 Å². The van der Waals surface area contributed by atoms with Crippen molar-refractivity contribution in [3.63, 3.8) is 0 Å². The van der Waals surface area contributed by atoms with Crippen molar-refractivity contribution >= 4 is 24.2 Å². The molecule has 0 N–H and O–H groups in total. The molecule has 178 valence electrons. The van der Waals surface area contributed by atoms with Gasteiger partial charge >= 0.3 is 0 Å². The molecule has 2 atom stereocenters. The summed E-state index contributed by atoms with van der Waals surface area (Å²) in [5.41, 5.74) is 4.99. The average molecular weight is 474 g/mol. The van der Waals surface area contributed by atoms with Crippen LogP contribution in [0.15, 0.2) is 42.5 Å². The molecular formula is C28H44NOPS. The van der Waals surface area contributed by atoms with Crippen molar-refractivity contribution in [2.24, 2.45) is 0 Å². The molecule has 0 unspecified atom stereocenters. The summed E-state index contributed by atoms with van der Waals surface area (Å²) in [6, 6.07) is 15.6. The Bertz CT molecular complexity index is 928. The minimum atomic E-state index is -1.15. The van der Waals surface area contributed by atoms with Gasteiger partial charge in [0.2, 0.25) is 0 Å². The van der Waals surface area contributed by atoms with Crippen LogP contribution >= 0.6 is 7.92 Å². The Morgan fingerprint density at radius 3 is 1.72 bits per heavy atom. The summed E-state index contributed by atoms with van der Waals surface area (Å²) in [5, 5.41) is 1.72.